The van der Waals surface area contributed by atoms with E-state index >= 15 is 0 Å². The van der Waals surface area contributed by atoms with Gasteiger partial charge in [-0.1, -0.05) is 17.7 Å². The molecule has 1 aromatic heterocycles. The van der Waals surface area contributed by atoms with Gasteiger partial charge in [0.1, 0.15) is 5.82 Å². The Hall–Kier alpha value is -1.94. The number of nitrogens with zero attached hydrogens (tertiary/aromatic N) is 1. The predicted octanol–water partition coefficient (Wildman–Crippen LogP) is 3.43. The zero-order valence-electron chi connectivity index (χ0n) is 9.58. The largest absolute Gasteiger partial charge is 0.306 e. The lowest BCUT2D eigenvalue weighted by atomic mass is 10.1. The molecule has 18 heavy (non-hydrogen) atoms. The van der Waals surface area contributed by atoms with Crippen LogP contribution in [0.15, 0.2) is 36.4 Å². The third-order valence-corrected chi connectivity index (χ3v) is 2.80. The quantitative estimate of drug-likeness (QED) is 0.845. The molecule has 0 aliphatic carbocycles. The summed E-state index contributed by atoms with van der Waals surface area (Å²) in [5.74, 6) is -0.819. The molecule has 1 amide bonds. The highest BCUT2D eigenvalue weighted by molar-refractivity contribution is 6.31. The van der Waals surface area contributed by atoms with Crippen LogP contribution in [-0.4, -0.2) is 10.9 Å². The van der Waals surface area contributed by atoms with Gasteiger partial charge >= 0.3 is 0 Å². The summed E-state index contributed by atoms with van der Waals surface area (Å²) >= 11 is 5.87. The first-order chi connectivity index (χ1) is 8.56. The van der Waals surface area contributed by atoms with Crippen molar-refractivity contribution in [2.24, 2.45) is 0 Å². The van der Waals surface area contributed by atoms with E-state index in [0.717, 1.165) is 5.56 Å². The molecule has 0 unspecified atom stereocenters. The first-order valence-corrected chi connectivity index (χ1v) is 5.64. The van der Waals surface area contributed by atoms with Crippen LogP contribution in [0.1, 0.15) is 15.9 Å². The van der Waals surface area contributed by atoms with Crippen LogP contribution >= 0.6 is 11.6 Å². The SMILES string of the molecule is Cc1cc(C(=O)Nc2cccc(F)n2)ccc1Cl. The van der Waals surface area contributed by atoms with Gasteiger partial charge in [0.25, 0.3) is 5.91 Å². The number of carbonyl (C=O) groups excluding carboxylic acids is 1. The third-order valence-electron chi connectivity index (χ3n) is 2.38. The number of aryl methyl sites for hydroxylation is 1. The van der Waals surface area contributed by atoms with Crippen LogP contribution in [0.25, 0.3) is 0 Å². The average molecular weight is 265 g/mol. The lowest BCUT2D eigenvalue weighted by Crippen LogP contribution is -2.13. The van der Waals surface area contributed by atoms with Gasteiger partial charge in [-0.2, -0.15) is 4.39 Å². The number of benzene rings is 1. The van der Waals surface area contributed by atoms with Gasteiger partial charge in [-0.05, 0) is 42.8 Å². The Morgan fingerprint density at radius 2 is 2.11 bits per heavy atom. The molecule has 0 aliphatic heterocycles. The number of rotatable bonds is 2. The fraction of sp³-hybridized carbons (Fsp3) is 0.0769. The number of pyridine rings is 1. The predicted molar refractivity (Wildman–Crippen MR) is 68.3 cm³/mol. The fourth-order valence-corrected chi connectivity index (χ4v) is 1.57. The van der Waals surface area contributed by atoms with Crippen LogP contribution in [0.5, 0.6) is 0 Å². The van der Waals surface area contributed by atoms with Gasteiger partial charge in [0, 0.05) is 10.6 Å². The summed E-state index contributed by atoms with van der Waals surface area (Å²) in [6.45, 7) is 1.81. The smallest absolute Gasteiger partial charge is 0.256 e. The molecule has 92 valence electrons. The first-order valence-electron chi connectivity index (χ1n) is 5.26. The summed E-state index contributed by atoms with van der Waals surface area (Å²) in [6.07, 6.45) is 0. The van der Waals surface area contributed by atoms with Crippen LogP contribution in [0.3, 0.4) is 0 Å². The Morgan fingerprint density at radius 1 is 1.33 bits per heavy atom. The average Bonchev–Trinajstić information content (AvgIpc) is 2.32. The van der Waals surface area contributed by atoms with E-state index in [1.807, 2.05) is 0 Å². The van der Waals surface area contributed by atoms with Crippen LogP contribution in [0, 0.1) is 12.9 Å². The van der Waals surface area contributed by atoms with Crippen molar-refractivity contribution in [3.8, 4) is 0 Å². The minimum Gasteiger partial charge on any atom is -0.306 e. The summed E-state index contributed by atoms with van der Waals surface area (Å²) in [7, 11) is 0. The fourth-order valence-electron chi connectivity index (χ4n) is 1.45. The molecule has 1 heterocycles. The highest BCUT2D eigenvalue weighted by atomic mass is 35.5. The second-order valence-electron chi connectivity index (χ2n) is 3.76. The van der Waals surface area contributed by atoms with Gasteiger partial charge in [0.05, 0.1) is 0 Å². The maximum atomic E-state index is 12.9. The summed E-state index contributed by atoms with van der Waals surface area (Å²) in [4.78, 5) is 15.4. The number of carbonyl (C=O) groups is 1. The van der Waals surface area contributed by atoms with E-state index in [9.17, 15) is 9.18 Å². The standard InChI is InChI=1S/C13H10ClFN2O/c1-8-7-9(5-6-10(8)14)13(18)17-12-4-2-3-11(15)16-12/h2-7H,1H3,(H,16,17,18). The number of nitrogens with one attached hydrogen (secondary N) is 1. The molecular weight excluding hydrogens is 255 g/mol. The molecule has 0 atom stereocenters. The van der Waals surface area contributed by atoms with Crippen molar-refractivity contribution in [3.05, 3.63) is 58.5 Å². The van der Waals surface area contributed by atoms with Crippen LogP contribution < -0.4 is 5.32 Å². The van der Waals surface area contributed by atoms with E-state index in [1.54, 1.807) is 25.1 Å². The van der Waals surface area contributed by atoms with Crippen LogP contribution in [-0.2, 0) is 0 Å². The van der Waals surface area contributed by atoms with E-state index in [4.69, 9.17) is 11.6 Å². The Labute approximate surface area is 109 Å². The molecule has 0 bridgehead atoms. The summed E-state index contributed by atoms with van der Waals surface area (Å²) in [5.41, 5.74) is 1.25. The topological polar surface area (TPSA) is 42.0 Å². The number of aromatic nitrogens is 1. The number of anilines is 1. The molecule has 0 saturated carbocycles. The highest BCUT2D eigenvalue weighted by Crippen LogP contribution is 2.17. The normalized spacial score (nSPS) is 10.2. The lowest BCUT2D eigenvalue weighted by Gasteiger charge is -2.05. The van der Waals surface area contributed by atoms with Crippen molar-refractivity contribution >= 4 is 23.3 Å². The van der Waals surface area contributed by atoms with Crippen molar-refractivity contribution in [1.29, 1.82) is 0 Å². The molecule has 1 N–H and O–H groups in total. The molecule has 2 aromatic rings. The molecule has 3 nitrogen and oxygen atoms in total. The lowest BCUT2D eigenvalue weighted by molar-refractivity contribution is 0.102. The van der Waals surface area contributed by atoms with Crippen molar-refractivity contribution in [3.63, 3.8) is 0 Å². The second kappa shape index (κ2) is 5.14. The summed E-state index contributed by atoms with van der Waals surface area (Å²) in [6, 6.07) is 9.11. The van der Waals surface area contributed by atoms with E-state index in [-0.39, 0.29) is 11.7 Å². The highest BCUT2D eigenvalue weighted by Gasteiger charge is 2.08. The van der Waals surface area contributed by atoms with E-state index < -0.39 is 5.95 Å². The molecular formula is C13H10ClFN2O. The first kappa shape index (κ1) is 12.5. The Morgan fingerprint density at radius 3 is 2.78 bits per heavy atom. The summed E-state index contributed by atoms with van der Waals surface area (Å²) < 4.78 is 12.9. The van der Waals surface area contributed by atoms with Crippen molar-refractivity contribution < 1.29 is 9.18 Å². The maximum absolute atomic E-state index is 12.9. The minimum atomic E-state index is -0.639. The molecule has 5 heteroatoms. The van der Waals surface area contributed by atoms with E-state index in [1.165, 1.54) is 18.2 Å². The Kier molecular flexibility index (Phi) is 3.58. The molecule has 0 radical (unpaired) electrons. The van der Waals surface area contributed by atoms with Crippen LogP contribution in [0.4, 0.5) is 10.2 Å². The maximum Gasteiger partial charge on any atom is 0.256 e. The van der Waals surface area contributed by atoms with Gasteiger partial charge in [-0.25, -0.2) is 4.98 Å². The molecule has 0 saturated heterocycles. The number of hydrogen-bond acceptors (Lipinski definition) is 2. The van der Waals surface area contributed by atoms with Gasteiger partial charge in [-0.3, -0.25) is 4.79 Å². The third kappa shape index (κ3) is 2.84. The number of hydrogen-bond donors (Lipinski definition) is 1. The monoisotopic (exact) mass is 264 g/mol. The van der Waals surface area contributed by atoms with Crippen molar-refractivity contribution in [2.75, 3.05) is 5.32 Å². The van der Waals surface area contributed by atoms with Crippen molar-refractivity contribution in [1.82, 2.24) is 4.98 Å². The Balaban J connectivity index is 2.19. The van der Waals surface area contributed by atoms with Gasteiger partial charge in [0.15, 0.2) is 0 Å². The zero-order valence-corrected chi connectivity index (χ0v) is 10.3. The molecule has 0 aliphatic rings. The van der Waals surface area contributed by atoms with Gasteiger partial charge in [0.2, 0.25) is 5.95 Å². The molecule has 1 aromatic carbocycles. The number of amides is 1. The van der Waals surface area contributed by atoms with Gasteiger partial charge in [-0.15, -0.1) is 0 Å². The molecule has 2 rings (SSSR count). The number of halogens is 2. The Bertz CT molecular complexity index is 601. The van der Waals surface area contributed by atoms with Gasteiger partial charge < -0.3 is 5.32 Å². The zero-order chi connectivity index (χ0) is 13.1. The van der Waals surface area contributed by atoms with E-state index in [2.05, 4.69) is 10.3 Å². The second-order valence-corrected chi connectivity index (χ2v) is 4.17. The summed E-state index contributed by atoms with van der Waals surface area (Å²) in [5, 5.41) is 3.11. The van der Waals surface area contributed by atoms with E-state index in [0.29, 0.717) is 10.6 Å². The van der Waals surface area contributed by atoms with Crippen LogP contribution in [0.2, 0.25) is 5.02 Å². The molecule has 0 fully saturated rings. The minimum absolute atomic E-state index is 0.174. The van der Waals surface area contributed by atoms with Crippen molar-refractivity contribution in [2.45, 2.75) is 6.92 Å². The molecule has 0 spiro atoms.